The van der Waals surface area contributed by atoms with Crippen LogP contribution in [0, 0.1) is 6.92 Å². The van der Waals surface area contributed by atoms with Crippen molar-refractivity contribution in [2.24, 2.45) is 0 Å². The van der Waals surface area contributed by atoms with Crippen LogP contribution in [0.5, 0.6) is 5.75 Å². The molecule has 2 heterocycles. The van der Waals surface area contributed by atoms with Crippen LogP contribution in [-0.4, -0.2) is 34.4 Å². The van der Waals surface area contributed by atoms with Crippen LogP contribution in [0.3, 0.4) is 0 Å². The molecule has 6 heteroatoms. The van der Waals surface area contributed by atoms with Gasteiger partial charge < -0.3 is 19.5 Å². The van der Waals surface area contributed by atoms with E-state index in [0.29, 0.717) is 12.2 Å². The van der Waals surface area contributed by atoms with E-state index < -0.39 is 5.54 Å². The number of benzene rings is 3. The van der Waals surface area contributed by atoms with Crippen LogP contribution in [0.25, 0.3) is 10.9 Å². The van der Waals surface area contributed by atoms with Gasteiger partial charge >= 0.3 is 0 Å². The normalized spacial score (nSPS) is 19.9. The Hall–Kier alpha value is -4.06. The summed E-state index contributed by atoms with van der Waals surface area (Å²) in [6.45, 7) is 2.68. The molecule has 1 N–H and O–H groups in total. The summed E-state index contributed by atoms with van der Waals surface area (Å²) in [5.74, 6) is 0.469. The maximum Gasteiger partial charge on any atom is 0.272 e. The Labute approximate surface area is 242 Å². The molecule has 0 radical (unpaired) electrons. The van der Waals surface area contributed by atoms with Gasteiger partial charge in [0.15, 0.2) is 5.54 Å². The first-order chi connectivity index (χ1) is 20.0. The number of carbonyl (C=O) groups is 2. The summed E-state index contributed by atoms with van der Waals surface area (Å²) in [5, 5.41) is 4.47. The van der Waals surface area contributed by atoms with Crippen molar-refractivity contribution in [3.63, 3.8) is 0 Å². The smallest absolute Gasteiger partial charge is 0.272 e. The van der Waals surface area contributed by atoms with Gasteiger partial charge in [0.25, 0.3) is 11.8 Å². The summed E-state index contributed by atoms with van der Waals surface area (Å²) < 4.78 is 7.56. The molecule has 41 heavy (non-hydrogen) atoms. The maximum atomic E-state index is 14.8. The van der Waals surface area contributed by atoms with E-state index in [0.717, 1.165) is 59.0 Å². The Kier molecular flexibility index (Phi) is 7.57. The van der Waals surface area contributed by atoms with E-state index in [1.165, 1.54) is 19.3 Å². The van der Waals surface area contributed by atoms with Gasteiger partial charge in [-0.1, -0.05) is 86.7 Å². The molecule has 3 aromatic carbocycles. The molecular formula is C35H39N3O3. The first-order valence-electron chi connectivity index (χ1n) is 14.9. The number of methoxy groups -OCH3 is 1. The summed E-state index contributed by atoms with van der Waals surface area (Å²) in [6.07, 6.45) is 7.83. The SMILES string of the molecule is COc1cccc(CN2C(=O)c3cc4ccc(C)cc4n3CC2(C(=O)NC2CCCCCCC2)c2ccccc2)c1. The zero-order valence-corrected chi connectivity index (χ0v) is 24.1. The van der Waals surface area contributed by atoms with Gasteiger partial charge in [0.1, 0.15) is 11.4 Å². The van der Waals surface area contributed by atoms with Crippen LogP contribution in [0.4, 0.5) is 0 Å². The second kappa shape index (κ2) is 11.4. The fourth-order valence-corrected chi connectivity index (χ4v) is 6.69. The number of fused-ring (bicyclic) bond motifs is 3. The summed E-state index contributed by atoms with van der Waals surface area (Å²) >= 11 is 0. The van der Waals surface area contributed by atoms with E-state index in [1.807, 2.05) is 60.7 Å². The number of nitrogens with one attached hydrogen (secondary N) is 1. The van der Waals surface area contributed by atoms with Crippen LogP contribution in [0.1, 0.15) is 72.1 Å². The molecule has 1 aliphatic heterocycles. The van der Waals surface area contributed by atoms with Crippen LogP contribution < -0.4 is 10.1 Å². The van der Waals surface area contributed by atoms with Gasteiger partial charge in [0, 0.05) is 23.5 Å². The molecule has 2 aliphatic rings. The van der Waals surface area contributed by atoms with Crippen molar-refractivity contribution < 1.29 is 14.3 Å². The lowest BCUT2D eigenvalue weighted by Gasteiger charge is -2.47. The molecule has 0 spiro atoms. The van der Waals surface area contributed by atoms with E-state index in [9.17, 15) is 9.59 Å². The maximum absolute atomic E-state index is 14.8. The molecule has 2 amide bonds. The first-order valence-corrected chi connectivity index (χ1v) is 14.9. The van der Waals surface area contributed by atoms with Crippen LogP contribution in [-0.2, 0) is 23.4 Å². The van der Waals surface area contributed by atoms with E-state index in [4.69, 9.17) is 4.74 Å². The second-order valence-electron chi connectivity index (χ2n) is 11.7. The molecule has 6 nitrogen and oxygen atoms in total. The Morgan fingerprint density at radius 1 is 0.927 bits per heavy atom. The lowest BCUT2D eigenvalue weighted by atomic mass is 9.83. The highest BCUT2D eigenvalue weighted by Gasteiger charge is 2.52. The Balaban J connectivity index is 1.52. The van der Waals surface area contributed by atoms with Crippen molar-refractivity contribution in [2.75, 3.05) is 7.11 Å². The van der Waals surface area contributed by atoms with E-state index in [2.05, 4.69) is 35.0 Å². The molecule has 1 aliphatic carbocycles. The number of hydrogen-bond acceptors (Lipinski definition) is 3. The highest BCUT2D eigenvalue weighted by atomic mass is 16.5. The lowest BCUT2D eigenvalue weighted by molar-refractivity contribution is -0.136. The molecule has 1 fully saturated rings. The van der Waals surface area contributed by atoms with Crippen molar-refractivity contribution in [2.45, 2.75) is 76.5 Å². The van der Waals surface area contributed by atoms with Gasteiger partial charge in [-0.15, -0.1) is 0 Å². The highest BCUT2D eigenvalue weighted by molar-refractivity contribution is 6.04. The Bertz CT molecular complexity index is 1550. The number of nitrogens with zero attached hydrogens (tertiary/aromatic N) is 2. The number of carbonyl (C=O) groups excluding carboxylic acids is 2. The van der Waals surface area contributed by atoms with Gasteiger partial charge in [-0.05, 0) is 60.7 Å². The third-order valence-electron chi connectivity index (χ3n) is 8.91. The van der Waals surface area contributed by atoms with Crippen LogP contribution >= 0.6 is 0 Å². The quantitative estimate of drug-likeness (QED) is 0.290. The fraction of sp³-hybridized carbons (Fsp3) is 0.371. The zero-order valence-electron chi connectivity index (χ0n) is 24.1. The largest absolute Gasteiger partial charge is 0.497 e. The van der Waals surface area contributed by atoms with Gasteiger partial charge in [-0.25, -0.2) is 0 Å². The van der Waals surface area contributed by atoms with Crippen molar-refractivity contribution in [1.29, 1.82) is 0 Å². The second-order valence-corrected chi connectivity index (χ2v) is 11.7. The number of rotatable bonds is 6. The topological polar surface area (TPSA) is 63.6 Å². The molecule has 1 saturated carbocycles. The van der Waals surface area contributed by atoms with Gasteiger partial charge in [0.05, 0.1) is 13.7 Å². The fourth-order valence-electron chi connectivity index (χ4n) is 6.69. The van der Waals surface area contributed by atoms with Crippen molar-refractivity contribution in [3.05, 3.63) is 101 Å². The molecular weight excluding hydrogens is 510 g/mol. The van der Waals surface area contributed by atoms with Gasteiger partial charge in [-0.3, -0.25) is 9.59 Å². The van der Waals surface area contributed by atoms with Gasteiger partial charge in [0.2, 0.25) is 0 Å². The lowest BCUT2D eigenvalue weighted by Crippen LogP contribution is -2.64. The van der Waals surface area contributed by atoms with E-state index in [1.54, 1.807) is 12.0 Å². The van der Waals surface area contributed by atoms with E-state index >= 15 is 0 Å². The minimum Gasteiger partial charge on any atom is -0.497 e. The average Bonchev–Trinajstić information content (AvgIpc) is 3.34. The van der Waals surface area contributed by atoms with Crippen molar-refractivity contribution in [1.82, 2.24) is 14.8 Å². The molecule has 212 valence electrons. The van der Waals surface area contributed by atoms with Crippen molar-refractivity contribution in [3.8, 4) is 5.75 Å². The summed E-state index contributed by atoms with van der Waals surface area (Å²) in [4.78, 5) is 31.3. The van der Waals surface area contributed by atoms with Crippen LogP contribution in [0.2, 0.25) is 0 Å². The number of aryl methyl sites for hydroxylation is 1. The highest BCUT2D eigenvalue weighted by Crippen LogP contribution is 2.41. The molecule has 1 unspecified atom stereocenters. The molecule has 1 aromatic heterocycles. The van der Waals surface area contributed by atoms with Crippen molar-refractivity contribution >= 4 is 22.7 Å². The molecule has 0 saturated heterocycles. The van der Waals surface area contributed by atoms with Gasteiger partial charge in [-0.2, -0.15) is 0 Å². The zero-order chi connectivity index (χ0) is 28.4. The summed E-state index contributed by atoms with van der Waals surface area (Å²) in [6, 6.07) is 25.9. The Morgan fingerprint density at radius 3 is 2.44 bits per heavy atom. The predicted octanol–water partition coefficient (Wildman–Crippen LogP) is 6.74. The number of amides is 2. The van der Waals surface area contributed by atoms with E-state index in [-0.39, 0.29) is 24.4 Å². The first kappa shape index (κ1) is 27.1. The summed E-state index contributed by atoms with van der Waals surface area (Å²) in [5.41, 5.74) is 3.21. The minimum absolute atomic E-state index is 0.0993. The molecule has 4 aromatic rings. The summed E-state index contributed by atoms with van der Waals surface area (Å²) in [7, 11) is 1.64. The standard InChI is InChI=1S/C35H39N3O3/c1-25-18-19-27-22-32-33(39)38(23-26-12-11-17-30(21-26)41-2)35(24-37(32)31(27)20-25,28-13-7-6-8-14-28)34(40)36-29-15-9-4-3-5-10-16-29/h6-8,11-14,17-22,29H,3-5,9-10,15-16,23-24H2,1-2H3,(H,36,40). The Morgan fingerprint density at radius 2 is 1.68 bits per heavy atom. The molecule has 0 bridgehead atoms. The third-order valence-corrected chi connectivity index (χ3v) is 8.91. The number of ether oxygens (including phenoxy) is 1. The monoisotopic (exact) mass is 549 g/mol. The predicted molar refractivity (Wildman–Crippen MR) is 162 cm³/mol. The number of hydrogen-bond donors (Lipinski definition) is 1. The molecule has 6 rings (SSSR count). The number of aromatic nitrogens is 1. The minimum atomic E-state index is -1.23. The van der Waals surface area contributed by atoms with Crippen LogP contribution in [0.15, 0.2) is 78.9 Å². The third kappa shape index (κ3) is 5.12. The molecule has 1 atom stereocenters. The average molecular weight is 550 g/mol.